The lowest BCUT2D eigenvalue weighted by Crippen LogP contribution is -2.25. The molecule has 3 rings (SSSR count). The quantitative estimate of drug-likeness (QED) is 0.744. The highest BCUT2D eigenvalue weighted by Gasteiger charge is 2.15. The van der Waals surface area contributed by atoms with Crippen molar-refractivity contribution in [1.29, 1.82) is 0 Å². The standard InChI is InChI=1S/C14H14N2O4S2/c1-9-2-5-13(21-9)22(18,19)15-7-6-10-3-4-11-12(8-10)20-14(17)16-11/h2-5,8,15H,6-7H2,1H3,(H,16,17). The van der Waals surface area contributed by atoms with Gasteiger partial charge in [-0.25, -0.2) is 17.9 Å². The predicted octanol–water partition coefficient (Wildman–Crippen LogP) is 2.01. The highest BCUT2D eigenvalue weighted by atomic mass is 32.2. The molecule has 2 aromatic heterocycles. The number of benzene rings is 1. The van der Waals surface area contributed by atoms with Crippen LogP contribution >= 0.6 is 11.3 Å². The topological polar surface area (TPSA) is 92.2 Å². The molecule has 0 amide bonds. The Hall–Kier alpha value is -1.90. The maximum absolute atomic E-state index is 12.1. The summed E-state index contributed by atoms with van der Waals surface area (Å²) in [6.07, 6.45) is 0.508. The van der Waals surface area contributed by atoms with Crippen LogP contribution in [-0.4, -0.2) is 19.9 Å². The van der Waals surface area contributed by atoms with Crippen molar-refractivity contribution in [2.24, 2.45) is 0 Å². The summed E-state index contributed by atoms with van der Waals surface area (Å²) in [5, 5.41) is 0. The normalized spacial score (nSPS) is 12.0. The number of fused-ring (bicyclic) bond motifs is 1. The number of aromatic amines is 1. The van der Waals surface area contributed by atoms with E-state index in [2.05, 4.69) is 9.71 Å². The van der Waals surface area contributed by atoms with E-state index in [4.69, 9.17) is 4.42 Å². The number of oxazole rings is 1. The summed E-state index contributed by atoms with van der Waals surface area (Å²) in [5.41, 5.74) is 1.99. The van der Waals surface area contributed by atoms with Crippen LogP contribution in [0.4, 0.5) is 0 Å². The van der Waals surface area contributed by atoms with Gasteiger partial charge in [0.1, 0.15) is 4.21 Å². The zero-order valence-electron chi connectivity index (χ0n) is 11.8. The van der Waals surface area contributed by atoms with Gasteiger partial charge in [0, 0.05) is 11.4 Å². The molecule has 0 bridgehead atoms. The van der Waals surface area contributed by atoms with E-state index in [-0.39, 0.29) is 6.54 Å². The maximum atomic E-state index is 12.1. The van der Waals surface area contributed by atoms with Crippen molar-refractivity contribution >= 4 is 32.5 Å². The Morgan fingerprint density at radius 1 is 1.27 bits per heavy atom. The monoisotopic (exact) mass is 338 g/mol. The Kier molecular flexibility index (Phi) is 3.90. The van der Waals surface area contributed by atoms with E-state index in [1.165, 1.54) is 11.3 Å². The number of nitrogens with one attached hydrogen (secondary N) is 2. The smallest absolute Gasteiger partial charge is 0.408 e. The van der Waals surface area contributed by atoms with Crippen molar-refractivity contribution in [3.05, 3.63) is 51.3 Å². The van der Waals surface area contributed by atoms with Crippen LogP contribution in [-0.2, 0) is 16.4 Å². The third kappa shape index (κ3) is 3.13. The fourth-order valence-corrected chi connectivity index (χ4v) is 4.46. The van der Waals surface area contributed by atoms with Gasteiger partial charge in [-0.15, -0.1) is 11.3 Å². The van der Waals surface area contributed by atoms with E-state index in [0.717, 1.165) is 10.4 Å². The highest BCUT2D eigenvalue weighted by molar-refractivity contribution is 7.91. The van der Waals surface area contributed by atoms with Crippen molar-refractivity contribution in [2.75, 3.05) is 6.54 Å². The number of hydrogen-bond acceptors (Lipinski definition) is 5. The van der Waals surface area contributed by atoms with E-state index in [9.17, 15) is 13.2 Å². The number of hydrogen-bond donors (Lipinski definition) is 2. The largest absolute Gasteiger partial charge is 0.417 e. The van der Waals surface area contributed by atoms with Crippen LogP contribution in [0, 0.1) is 6.92 Å². The molecule has 8 heteroatoms. The van der Waals surface area contributed by atoms with Crippen molar-refractivity contribution in [3.8, 4) is 0 Å². The van der Waals surface area contributed by atoms with Crippen LogP contribution in [0.5, 0.6) is 0 Å². The molecule has 0 saturated heterocycles. The van der Waals surface area contributed by atoms with Crippen molar-refractivity contribution in [1.82, 2.24) is 9.71 Å². The molecule has 0 aliphatic heterocycles. The van der Waals surface area contributed by atoms with Crippen LogP contribution in [0.25, 0.3) is 11.1 Å². The molecule has 0 radical (unpaired) electrons. The predicted molar refractivity (Wildman–Crippen MR) is 84.8 cm³/mol. The van der Waals surface area contributed by atoms with Crippen LogP contribution in [0.15, 0.2) is 43.8 Å². The summed E-state index contributed by atoms with van der Waals surface area (Å²) >= 11 is 1.24. The number of aryl methyl sites for hydroxylation is 1. The highest BCUT2D eigenvalue weighted by Crippen LogP contribution is 2.20. The fraction of sp³-hybridized carbons (Fsp3) is 0.214. The van der Waals surface area contributed by atoms with Gasteiger partial charge in [-0.3, -0.25) is 4.98 Å². The van der Waals surface area contributed by atoms with E-state index >= 15 is 0 Å². The van der Waals surface area contributed by atoms with Gasteiger partial charge in [0.05, 0.1) is 5.52 Å². The summed E-state index contributed by atoms with van der Waals surface area (Å²) < 4.78 is 32.0. The molecule has 22 heavy (non-hydrogen) atoms. The second kappa shape index (κ2) is 5.71. The molecule has 1 aromatic carbocycles. The van der Waals surface area contributed by atoms with Gasteiger partial charge in [-0.1, -0.05) is 6.07 Å². The molecule has 0 aliphatic rings. The number of thiophene rings is 1. The molecule has 0 atom stereocenters. The molecule has 0 spiro atoms. The molecule has 6 nitrogen and oxygen atoms in total. The van der Waals surface area contributed by atoms with E-state index in [0.29, 0.717) is 21.7 Å². The molecule has 2 N–H and O–H groups in total. The first-order valence-electron chi connectivity index (χ1n) is 6.62. The number of sulfonamides is 1. The molecule has 0 unspecified atom stereocenters. The fourth-order valence-electron chi connectivity index (χ4n) is 2.10. The molecule has 2 heterocycles. The molecular formula is C14H14N2O4S2. The average molecular weight is 338 g/mol. The van der Waals surface area contributed by atoms with E-state index in [1.54, 1.807) is 24.3 Å². The second-order valence-electron chi connectivity index (χ2n) is 4.86. The molecule has 3 aromatic rings. The third-order valence-corrected chi connectivity index (χ3v) is 6.13. The Morgan fingerprint density at radius 3 is 2.82 bits per heavy atom. The zero-order chi connectivity index (χ0) is 15.7. The summed E-state index contributed by atoms with van der Waals surface area (Å²) in [7, 11) is -3.46. The number of aromatic nitrogens is 1. The molecule has 0 fully saturated rings. The number of rotatable bonds is 5. The lowest BCUT2D eigenvalue weighted by atomic mass is 10.1. The van der Waals surface area contributed by atoms with Gasteiger partial charge in [0.25, 0.3) is 0 Å². The van der Waals surface area contributed by atoms with Crippen molar-refractivity contribution < 1.29 is 12.8 Å². The van der Waals surface area contributed by atoms with Crippen LogP contribution < -0.4 is 10.5 Å². The third-order valence-electron chi connectivity index (χ3n) is 3.17. The minimum atomic E-state index is -3.46. The Labute approximate surface area is 130 Å². The first-order valence-corrected chi connectivity index (χ1v) is 8.92. The van der Waals surface area contributed by atoms with E-state index < -0.39 is 15.8 Å². The van der Waals surface area contributed by atoms with Crippen LogP contribution in [0.1, 0.15) is 10.4 Å². The maximum Gasteiger partial charge on any atom is 0.417 e. The van der Waals surface area contributed by atoms with Gasteiger partial charge in [-0.2, -0.15) is 0 Å². The second-order valence-corrected chi connectivity index (χ2v) is 8.14. The van der Waals surface area contributed by atoms with Crippen molar-refractivity contribution in [3.63, 3.8) is 0 Å². The molecule has 116 valence electrons. The van der Waals surface area contributed by atoms with Crippen LogP contribution in [0.3, 0.4) is 0 Å². The first-order chi connectivity index (χ1) is 10.4. The van der Waals surface area contributed by atoms with Gasteiger partial charge >= 0.3 is 5.76 Å². The first kappa shape index (κ1) is 15.0. The zero-order valence-corrected chi connectivity index (χ0v) is 13.4. The summed E-state index contributed by atoms with van der Waals surface area (Å²) in [5.74, 6) is -0.499. The summed E-state index contributed by atoms with van der Waals surface area (Å²) in [4.78, 5) is 14.6. The van der Waals surface area contributed by atoms with Gasteiger partial charge < -0.3 is 4.42 Å². The number of H-pyrrole nitrogens is 1. The SMILES string of the molecule is Cc1ccc(S(=O)(=O)NCCc2ccc3[nH]c(=O)oc3c2)s1. The van der Waals surface area contributed by atoms with Crippen LogP contribution in [0.2, 0.25) is 0 Å². The Bertz CT molecular complexity index is 966. The lowest BCUT2D eigenvalue weighted by Gasteiger charge is -2.05. The molecule has 0 aliphatic carbocycles. The summed E-state index contributed by atoms with van der Waals surface area (Å²) in [6, 6.07) is 8.69. The summed E-state index contributed by atoms with van der Waals surface area (Å²) in [6.45, 7) is 2.14. The van der Waals surface area contributed by atoms with E-state index in [1.807, 2.05) is 13.0 Å². The van der Waals surface area contributed by atoms with Crippen molar-refractivity contribution in [2.45, 2.75) is 17.6 Å². The lowest BCUT2D eigenvalue weighted by molar-refractivity contribution is 0.555. The Balaban J connectivity index is 1.67. The average Bonchev–Trinajstić information content (AvgIpc) is 3.03. The Morgan fingerprint density at radius 2 is 2.09 bits per heavy atom. The minimum absolute atomic E-state index is 0.277. The minimum Gasteiger partial charge on any atom is -0.408 e. The molecular weight excluding hydrogens is 324 g/mol. The van der Waals surface area contributed by atoms with Gasteiger partial charge in [0.2, 0.25) is 10.0 Å². The van der Waals surface area contributed by atoms with Gasteiger partial charge in [-0.05, 0) is 43.2 Å². The van der Waals surface area contributed by atoms with Gasteiger partial charge in [0.15, 0.2) is 5.58 Å². The molecule has 0 saturated carbocycles.